The second-order valence-corrected chi connectivity index (χ2v) is 8.21. The standard InChI is InChI=1S/C23H22F3N7O6/c1-11(34)3-8-15(20(37)39-2)30-18(35)12-4-6-14(7-5-12)33(21(38)23(24,25)26)10-13-9-28-17-16(29-13)19(36)32-22(27)31-17/h4-7,9,15H,3,8,10H2,1-2H3,(H,30,35)(H3,27,28,31,32,36). The van der Waals surface area contributed by atoms with Crippen molar-refractivity contribution in [1.29, 1.82) is 0 Å². The highest BCUT2D eigenvalue weighted by Gasteiger charge is 2.43. The molecule has 1 atom stereocenters. The van der Waals surface area contributed by atoms with Crippen molar-refractivity contribution >= 4 is 46.4 Å². The Bertz CT molecular complexity index is 1470. The van der Waals surface area contributed by atoms with Crippen molar-refractivity contribution < 1.29 is 37.1 Å². The van der Waals surface area contributed by atoms with Crippen molar-refractivity contribution in [3.63, 3.8) is 0 Å². The van der Waals surface area contributed by atoms with E-state index < -0.39 is 42.1 Å². The Labute approximate surface area is 217 Å². The van der Waals surface area contributed by atoms with Gasteiger partial charge >= 0.3 is 18.1 Å². The zero-order chi connectivity index (χ0) is 28.9. The van der Waals surface area contributed by atoms with Crippen LogP contribution in [0.4, 0.5) is 24.8 Å². The van der Waals surface area contributed by atoms with Gasteiger partial charge in [-0.05, 0) is 37.6 Å². The molecule has 3 aromatic rings. The first-order valence-corrected chi connectivity index (χ1v) is 11.2. The minimum atomic E-state index is -5.27. The van der Waals surface area contributed by atoms with Gasteiger partial charge in [0.15, 0.2) is 11.2 Å². The van der Waals surface area contributed by atoms with Gasteiger partial charge in [0.1, 0.15) is 11.8 Å². The third kappa shape index (κ3) is 7.12. The summed E-state index contributed by atoms with van der Waals surface area (Å²) in [5, 5.41) is 2.41. The monoisotopic (exact) mass is 549 g/mol. The highest BCUT2D eigenvalue weighted by atomic mass is 19.4. The molecule has 39 heavy (non-hydrogen) atoms. The molecular weight excluding hydrogens is 527 g/mol. The molecule has 0 saturated heterocycles. The van der Waals surface area contributed by atoms with Crippen LogP contribution < -0.4 is 21.5 Å². The number of Topliss-reactive ketones (excluding diaryl/α,β-unsaturated/α-hetero) is 1. The van der Waals surface area contributed by atoms with Crippen LogP contribution in [0.1, 0.15) is 35.8 Å². The number of methoxy groups -OCH3 is 1. The number of carbonyl (C=O) groups is 4. The lowest BCUT2D eigenvalue weighted by atomic mass is 10.1. The van der Waals surface area contributed by atoms with E-state index in [0.717, 1.165) is 37.6 Å². The van der Waals surface area contributed by atoms with Gasteiger partial charge in [0.25, 0.3) is 11.5 Å². The number of hydrogen-bond donors (Lipinski definition) is 3. The number of amides is 2. The van der Waals surface area contributed by atoms with Crippen LogP contribution >= 0.6 is 0 Å². The summed E-state index contributed by atoms with van der Waals surface area (Å²) in [6.07, 6.45) is -4.24. The fraction of sp³-hybridized carbons (Fsp3) is 0.304. The maximum absolute atomic E-state index is 13.4. The van der Waals surface area contributed by atoms with Gasteiger partial charge in [0.05, 0.1) is 25.5 Å². The average molecular weight is 549 g/mol. The quantitative estimate of drug-likeness (QED) is 0.325. The molecule has 0 aliphatic heterocycles. The fourth-order valence-electron chi connectivity index (χ4n) is 3.42. The Morgan fingerprint density at radius 2 is 1.82 bits per heavy atom. The van der Waals surface area contributed by atoms with Crippen LogP contribution in [0, 0.1) is 0 Å². The van der Waals surface area contributed by atoms with Crippen molar-refractivity contribution in [2.45, 2.75) is 38.5 Å². The van der Waals surface area contributed by atoms with Gasteiger partial charge in [0, 0.05) is 17.7 Å². The number of fused-ring (bicyclic) bond motifs is 1. The Morgan fingerprint density at radius 3 is 2.41 bits per heavy atom. The highest BCUT2D eigenvalue weighted by Crippen LogP contribution is 2.26. The second kappa shape index (κ2) is 11.7. The fourth-order valence-corrected chi connectivity index (χ4v) is 3.42. The molecule has 2 heterocycles. The van der Waals surface area contributed by atoms with Gasteiger partial charge < -0.3 is 20.6 Å². The summed E-state index contributed by atoms with van der Waals surface area (Å²) < 4.78 is 44.8. The molecule has 0 saturated carbocycles. The van der Waals surface area contributed by atoms with Crippen LogP contribution in [-0.2, 0) is 25.7 Å². The van der Waals surface area contributed by atoms with Crippen molar-refractivity contribution in [2.24, 2.45) is 0 Å². The summed E-state index contributed by atoms with van der Waals surface area (Å²) in [5.74, 6) is -4.22. The number of carbonyl (C=O) groups excluding carboxylic acids is 4. The lowest BCUT2D eigenvalue weighted by molar-refractivity contribution is -0.170. The van der Waals surface area contributed by atoms with Crippen LogP contribution in [0.2, 0.25) is 0 Å². The molecule has 0 bridgehead atoms. The van der Waals surface area contributed by atoms with E-state index in [2.05, 4.69) is 30.0 Å². The van der Waals surface area contributed by atoms with Crippen LogP contribution in [0.3, 0.4) is 0 Å². The molecule has 0 fully saturated rings. The molecule has 2 amide bonds. The molecule has 3 rings (SSSR count). The smallest absolute Gasteiger partial charge is 0.467 e. The summed E-state index contributed by atoms with van der Waals surface area (Å²) in [4.78, 5) is 74.3. The first-order chi connectivity index (χ1) is 18.3. The van der Waals surface area contributed by atoms with E-state index in [9.17, 15) is 37.1 Å². The summed E-state index contributed by atoms with van der Waals surface area (Å²) in [5.41, 5.74) is 3.77. The lowest BCUT2D eigenvalue weighted by Gasteiger charge is -2.24. The summed E-state index contributed by atoms with van der Waals surface area (Å²) in [7, 11) is 1.11. The van der Waals surface area contributed by atoms with Gasteiger partial charge in [-0.2, -0.15) is 18.2 Å². The number of anilines is 2. The second-order valence-electron chi connectivity index (χ2n) is 8.21. The van der Waals surface area contributed by atoms with Crippen LogP contribution in [-0.4, -0.2) is 62.8 Å². The number of esters is 1. The molecule has 4 N–H and O–H groups in total. The summed E-state index contributed by atoms with van der Waals surface area (Å²) in [6, 6.07) is 3.33. The summed E-state index contributed by atoms with van der Waals surface area (Å²) in [6.45, 7) is 0.587. The molecule has 0 radical (unpaired) electrons. The van der Waals surface area contributed by atoms with E-state index in [1.807, 2.05) is 0 Å². The number of nitrogens with zero attached hydrogens (tertiary/aromatic N) is 4. The minimum Gasteiger partial charge on any atom is -0.467 e. The SMILES string of the molecule is COC(=O)C(CCC(C)=O)NC(=O)c1ccc(N(Cc2cnc3nc(N)[nH]c(=O)c3n2)C(=O)C(F)(F)F)cc1. The number of H-pyrrole nitrogens is 1. The number of nitrogens with one attached hydrogen (secondary N) is 2. The van der Waals surface area contributed by atoms with E-state index in [4.69, 9.17) is 5.73 Å². The molecular formula is C23H22F3N7O6. The van der Waals surface area contributed by atoms with Crippen LogP contribution in [0.25, 0.3) is 11.2 Å². The molecule has 0 aliphatic rings. The van der Waals surface area contributed by atoms with E-state index in [1.54, 1.807) is 0 Å². The zero-order valence-electron chi connectivity index (χ0n) is 20.5. The number of hydrogen-bond acceptors (Lipinski definition) is 10. The Balaban J connectivity index is 1.88. The average Bonchev–Trinajstić information content (AvgIpc) is 2.88. The molecule has 1 unspecified atom stereocenters. The maximum atomic E-state index is 13.4. The van der Waals surface area contributed by atoms with Gasteiger partial charge in [-0.3, -0.25) is 24.3 Å². The lowest BCUT2D eigenvalue weighted by Crippen LogP contribution is -2.42. The highest BCUT2D eigenvalue weighted by molar-refractivity contribution is 5.99. The number of rotatable bonds is 9. The molecule has 1 aromatic carbocycles. The number of nitrogens with two attached hydrogens (primary N) is 1. The van der Waals surface area contributed by atoms with E-state index in [1.165, 1.54) is 6.92 Å². The number of ketones is 1. The van der Waals surface area contributed by atoms with Crippen molar-refractivity contribution in [1.82, 2.24) is 25.3 Å². The van der Waals surface area contributed by atoms with E-state index in [-0.39, 0.29) is 52.7 Å². The molecule has 0 spiro atoms. The number of ether oxygens (including phenoxy) is 1. The molecule has 2 aromatic heterocycles. The Hall–Kier alpha value is -4.89. The molecule has 16 heteroatoms. The van der Waals surface area contributed by atoms with Crippen molar-refractivity contribution in [3.8, 4) is 0 Å². The summed E-state index contributed by atoms with van der Waals surface area (Å²) >= 11 is 0. The topological polar surface area (TPSA) is 190 Å². The normalized spacial score (nSPS) is 12.0. The molecule has 206 valence electrons. The van der Waals surface area contributed by atoms with E-state index in [0.29, 0.717) is 4.90 Å². The zero-order valence-corrected chi connectivity index (χ0v) is 20.5. The number of alkyl halides is 3. The van der Waals surface area contributed by atoms with Gasteiger partial charge in [-0.25, -0.2) is 14.8 Å². The first-order valence-electron chi connectivity index (χ1n) is 11.2. The number of nitrogen functional groups attached to an aromatic ring is 1. The number of benzene rings is 1. The maximum Gasteiger partial charge on any atom is 0.471 e. The predicted molar refractivity (Wildman–Crippen MR) is 129 cm³/mol. The predicted octanol–water partition coefficient (Wildman–Crippen LogP) is 1.03. The third-order valence-corrected chi connectivity index (χ3v) is 5.31. The van der Waals surface area contributed by atoms with Crippen LogP contribution in [0.5, 0.6) is 0 Å². The third-order valence-electron chi connectivity index (χ3n) is 5.31. The number of halogens is 3. The van der Waals surface area contributed by atoms with Crippen molar-refractivity contribution in [3.05, 3.63) is 52.1 Å². The Kier molecular flexibility index (Phi) is 8.57. The van der Waals surface area contributed by atoms with Gasteiger partial charge in [0.2, 0.25) is 5.95 Å². The molecule has 13 nitrogen and oxygen atoms in total. The van der Waals surface area contributed by atoms with Gasteiger partial charge in [-0.1, -0.05) is 0 Å². The molecule has 0 aliphatic carbocycles. The first kappa shape index (κ1) is 28.7. The number of aromatic nitrogens is 4. The van der Waals surface area contributed by atoms with Crippen molar-refractivity contribution in [2.75, 3.05) is 17.7 Å². The van der Waals surface area contributed by atoms with Crippen LogP contribution in [0.15, 0.2) is 35.3 Å². The Morgan fingerprint density at radius 1 is 1.15 bits per heavy atom. The minimum absolute atomic E-state index is 0.000475. The van der Waals surface area contributed by atoms with Gasteiger partial charge in [-0.15, -0.1) is 0 Å². The van der Waals surface area contributed by atoms with E-state index >= 15 is 0 Å². The number of aromatic amines is 1. The largest absolute Gasteiger partial charge is 0.471 e.